The fourth-order valence-corrected chi connectivity index (χ4v) is 3.38. The molecule has 1 fully saturated rings. The molecule has 3 nitrogen and oxygen atoms in total. The Balaban J connectivity index is 1.54. The second-order valence-corrected chi connectivity index (χ2v) is 6.06. The minimum absolute atomic E-state index is 0.0168. The van der Waals surface area contributed by atoms with Crippen molar-refractivity contribution in [2.75, 3.05) is 5.32 Å². The number of fused-ring (bicyclic) bond motifs is 1. The lowest BCUT2D eigenvalue weighted by atomic mass is 10.1. The Morgan fingerprint density at radius 3 is 2.71 bits per heavy atom. The number of halogens is 1. The van der Waals surface area contributed by atoms with E-state index in [1.807, 2.05) is 24.3 Å². The molecule has 0 saturated heterocycles. The Bertz CT molecular complexity index is 701. The standard InChI is InChI=1S/C17H15ClN2O/c18-12-7-4-8-13-15(12)16(17(21)20-13)19-14-9-11(14)10-5-2-1-3-6-10/h1-8,11,14,16,19H,9H2,(H,20,21). The van der Waals surface area contributed by atoms with Crippen LogP contribution in [0.5, 0.6) is 0 Å². The van der Waals surface area contributed by atoms with Crippen LogP contribution in [0.2, 0.25) is 5.02 Å². The fraction of sp³-hybridized carbons (Fsp3) is 0.235. The second kappa shape index (κ2) is 4.86. The first-order valence-electron chi connectivity index (χ1n) is 7.14. The molecule has 4 heteroatoms. The lowest BCUT2D eigenvalue weighted by Gasteiger charge is -2.12. The van der Waals surface area contributed by atoms with E-state index >= 15 is 0 Å². The van der Waals surface area contributed by atoms with Crippen molar-refractivity contribution in [3.63, 3.8) is 0 Å². The van der Waals surface area contributed by atoms with E-state index in [9.17, 15) is 4.79 Å². The van der Waals surface area contributed by atoms with Crippen LogP contribution in [0.15, 0.2) is 48.5 Å². The van der Waals surface area contributed by atoms with E-state index < -0.39 is 0 Å². The summed E-state index contributed by atoms with van der Waals surface area (Å²) in [6.07, 6.45) is 1.06. The van der Waals surface area contributed by atoms with E-state index in [1.54, 1.807) is 0 Å². The van der Waals surface area contributed by atoms with Gasteiger partial charge in [0.25, 0.3) is 0 Å². The SMILES string of the molecule is O=C1Nc2cccc(Cl)c2C1NC1CC1c1ccccc1. The van der Waals surface area contributed by atoms with Gasteiger partial charge in [-0.3, -0.25) is 10.1 Å². The van der Waals surface area contributed by atoms with Gasteiger partial charge in [0, 0.05) is 28.2 Å². The molecule has 106 valence electrons. The number of anilines is 1. The monoisotopic (exact) mass is 298 g/mol. The predicted octanol–water partition coefficient (Wildman–Crippen LogP) is 3.48. The van der Waals surface area contributed by atoms with E-state index in [0.717, 1.165) is 17.7 Å². The third kappa shape index (κ3) is 2.23. The zero-order valence-electron chi connectivity index (χ0n) is 11.3. The van der Waals surface area contributed by atoms with Crippen molar-refractivity contribution < 1.29 is 4.79 Å². The van der Waals surface area contributed by atoms with Gasteiger partial charge in [0.15, 0.2) is 0 Å². The van der Waals surface area contributed by atoms with Crippen LogP contribution in [0.1, 0.15) is 29.5 Å². The van der Waals surface area contributed by atoms with Crippen LogP contribution in [0.4, 0.5) is 5.69 Å². The van der Waals surface area contributed by atoms with Crippen molar-refractivity contribution in [3.8, 4) is 0 Å². The highest BCUT2D eigenvalue weighted by Crippen LogP contribution is 2.44. The van der Waals surface area contributed by atoms with Gasteiger partial charge in [0.1, 0.15) is 6.04 Å². The minimum Gasteiger partial charge on any atom is -0.324 e. The smallest absolute Gasteiger partial charge is 0.246 e. The number of rotatable bonds is 3. The van der Waals surface area contributed by atoms with Crippen LogP contribution in [0.3, 0.4) is 0 Å². The molecule has 2 aliphatic rings. The predicted molar refractivity (Wildman–Crippen MR) is 83.5 cm³/mol. The molecule has 1 aliphatic heterocycles. The highest BCUT2D eigenvalue weighted by atomic mass is 35.5. The van der Waals surface area contributed by atoms with Crippen LogP contribution in [-0.2, 0) is 4.79 Å². The minimum atomic E-state index is -0.340. The molecule has 4 rings (SSSR count). The molecule has 2 aromatic carbocycles. The zero-order valence-corrected chi connectivity index (χ0v) is 12.1. The van der Waals surface area contributed by atoms with Gasteiger partial charge in [-0.2, -0.15) is 0 Å². The molecular weight excluding hydrogens is 284 g/mol. The Hall–Kier alpha value is -1.84. The average Bonchev–Trinajstić information content (AvgIpc) is 3.18. The first kappa shape index (κ1) is 12.9. The number of benzene rings is 2. The van der Waals surface area contributed by atoms with Crippen LogP contribution < -0.4 is 10.6 Å². The van der Waals surface area contributed by atoms with E-state index in [0.29, 0.717) is 17.0 Å². The van der Waals surface area contributed by atoms with Gasteiger partial charge >= 0.3 is 0 Å². The van der Waals surface area contributed by atoms with Crippen molar-refractivity contribution in [1.29, 1.82) is 0 Å². The van der Waals surface area contributed by atoms with Gasteiger partial charge in [0.05, 0.1) is 0 Å². The number of carbonyl (C=O) groups excluding carboxylic acids is 1. The molecule has 1 heterocycles. The third-order valence-corrected chi connectivity index (χ3v) is 4.59. The van der Waals surface area contributed by atoms with Crippen LogP contribution in [0, 0.1) is 0 Å². The second-order valence-electron chi connectivity index (χ2n) is 5.65. The summed E-state index contributed by atoms with van der Waals surface area (Å²) in [5, 5.41) is 6.98. The summed E-state index contributed by atoms with van der Waals surface area (Å²) in [6.45, 7) is 0. The highest BCUT2D eigenvalue weighted by Gasteiger charge is 2.43. The summed E-state index contributed by atoms with van der Waals surface area (Å²) in [5.74, 6) is 0.474. The summed E-state index contributed by atoms with van der Waals surface area (Å²) >= 11 is 6.25. The Labute approximate surface area is 128 Å². The topological polar surface area (TPSA) is 41.1 Å². The van der Waals surface area contributed by atoms with Gasteiger partial charge < -0.3 is 5.32 Å². The van der Waals surface area contributed by atoms with Crippen LogP contribution in [-0.4, -0.2) is 11.9 Å². The molecule has 0 aromatic heterocycles. The molecule has 3 atom stereocenters. The quantitative estimate of drug-likeness (QED) is 0.911. The summed E-state index contributed by atoms with van der Waals surface area (Å²) in [7, 11) is 0. The summed E-state index contributed by atoms with van der Waals surface area (Å²) < 4.78 is 0. The van der Waals surface area contributed by atoms with Crippen molar-refractivity contribution in [2.45, 2.75) is 24.4 Å². The molecule has 0 bridgehead atoms. The molecule has 2 aromatic rings. The molecule has 1 amide bonds. The molecule has 0 spiro atoms. The number of amides is 1. The Morgan fingerprint density at radius 1 is 1.10 bits per heavy atom. The lowest BCUT2D eigenvalue weighted by Crippen LogP contribution is -2.30. The van der Waals surface area contributed by atoms with Gasteiger partial charge in [-0.25, -0.2) is 0 Å². The zero-order chi connectivity index (χ0) is 14.4. The van der Waals surface area contributed by atoms with Crippen molar-refractivity contribution in [1.82, 2.24) is 5.32 Å². The van der Waals surface area contributed by atoms with Crippen LogP contribution in [0.25, 0.3) is 0 Å². The molecule has 0 radical (unpaired) electrons. The van der Waals surface area contributed by atoms with Crippen molar-refractivity contribution in [3.05, 3.63) is 64.7 Å². The molecule has 1 aliphatic carbocycles. The highest BCUT2D eigenvalue weighted by molar-refractivity contribution is 6.32. The summed E-state index contributed by atoms with van der Waals surface area (Å²) in [4.78, 5) is 12.2. The summed E-state index contributed by atoms with van der Waals surface area (Å²) in [6, 6.07) is 16.0. The van der Waals surface area contributed by atoms with Gasteiger partial charge in [0.2, 0.25) is 5.91 Å². The fourth-order valence-electron chi connectivity index (χ4n) is 3.10. The first-order valence-corrected chi connectivity index (χ1v) is 7.52. The molecule has 1 saturated carbocycles. The maximum Gasteiger partial charge on any atom is 0.246 e. The lowest BCUT2D eigenvalue weighted by molar-refractivity contribution is -0.117. The molecule has 2 N–H and O–H groups in total. The number of nitrogens with one attached hydrogen (secondary N) is 2. The molecule has 21 heavy (non-hydrogen) atoms. The van der Waals surface area contributed by atoms with Gasteiger partial charge in [-0.1, -0.05) is 48.0 Å². The maximum absolute atomic E-state index is 12.2. The average molecular weight is 299 g/mol. The number of carbonyl (C=O) groups is 1. The Morgan fingerprint density at radius 2 is 1.90 bits per heavy atom. The third-order valence-electron chi connectivity index (χ3n) is 4.26. The van der Waals surface area contributed by atoms with Gasteiger partial charge in [-0.05, 0) is 24.1 Å². The summed E-state index contributed by atoms with van der Waals surface area (Å²) in [5.41, 5.74) is 3.03. The number of hydrogen-bond acceptors (Lipinski definition) is 2. The van der Waals surface area contributed by atoms with E-state index in [-0.39, 0.29) is 11.9 Å². The largest absolute Gasteiger partial charge is 0.324 e. The van der Waals surface area contributed by atoms with Crippen molar-refractivity contribution in [2.24, 2.45) is 0 Å². The number of hydrogen-bond donors (Lipinski definition) is 2. The first-order chi connectivity index (χ1) is 10.2. The van der Waals surface area contributed by atoms with Crippen molar-refractivity contribution >= 4 is 23.2 Å². The van der Waals surface area contributed by atoms with E-state index in [2.05, 4.69) is 34.9 Å². The maximum atomic E-state index is 12.2. The molecular formula is C17H15ClN2O. The molecule has 3 unspecified atom stereocenters. The van der Waals surface area contributed by atoms with Gasteiger partial charge in [-0.15, -0.1) is 0 Å². The Kier molecular flexibility index (Phi) is 2.98. The van der Waals surface area contributed by atoms with Crippen LogP contribution >= 0.6 is 11.6 Å². The van der Waals surface area contributed by atoms with E-state index in [1.165, 1.54) is 5.56 Å². The normalized spacial score (nSPS) is 26.3. The van der Waals surface area contributed by atoms with E-state index in [4.69, 9.17) is 11.6 Å².